The van der Waals surface area contributed by atoms with Crippen molar-refractivity contribution in [1.29, 1.82) is 0 Å². The lowest BCUT2D eigenvalue weighted by atomic mass is 9.97. The second-order valence-corrected chi connectivity index (χ2v) is 16.2. The molecule has 6 nitrogen and oxygen atoms in total. The standard InChI is InChI=1S/C54H58N4O2/c1-41-29-33-43(34-30-41)51-39-49(55-57(51)45-21-11-9-12-22-45)47-25-15-17-27-53(47)59-37-19-7-5-3-4-6-8-20-38-60-54-28-18-16-26-48(54)50-40-52(44-35-31-42(2)32-36-44)58(56-50)46-23-13-10-14-24-46/h9-18,21-36,51-52H,3-8,19-20,37-40H2,1-2H3. The summed E-state index contributed by atoms with van der Waals surface area (Å²) in [5.41, 5.74) is 11.6. The highest BCUT2D eigenvalue weighted by Gasteiger charge is 2.32. The molecule has 0 aromatic heterocycles. The molecule has 0 saturated heterocycles. The van der Waals surface area contributed by atoms with Crippen molar-refractivity contribution in [3.05, 3.63) is 191 Å². The second kappa shape index (κ2) is 20.2. The van der Waals surface area contributed by atoms with Gasteiger partial charge in [-0.15, -0.1) is 0 Å². The normalized spacial score (nSPS) is 16.2. The SMILES string of the molecule is Cc1ccc(C2CC(c3ccccc3OCCCCCCCCCCOc3ccccc3C3=NN(c4ccccc4)C(c4ccc(C)cc4)C3)=NN2c2ccccc2)cc1. The van der Waals surface area contributed by atoms with Gasteiger partial charge in [-0.25, -0.2) is 0 Å². The maximum Gasteiger partial charge on any atom is 0.128 e. The fourth-order valence-corrected chi connectivity index (χ4v) is 8.37. The third-order valence-electron chi connectivity index (χ3n) is 11.7. The van der Waals surface area contributed by atoms with Gasteiger partial charge in [0.05, 0.1) is 48.1 Å². The Bertz CT molecular complexity index is 2160. The zero-order valence-electron chi connectivity index (χ0n) is 35.3. The molecule has 8 rings (SSSR count). The molecular weight excluding hydrogens is 737 g/mol. The number of nitrogens with zero attached hydrogens (tertiary/aromatic N) is 4. The molecule has 0 N–H and O–H groups in total. The number of hydrogen-bond acceptors (Lipinski definition) is 6. The third-order valence-corrected chi connectivity index (χ3v) is 11.7. The lowest BCUT2D eigenvalue weighted by Gasteiger charge is -2.24. The lowest BCUT2D eigenvalue weighted by molar-refractivity contribution is 0.300. The van der Waals surface area contributed by atoms with Gasteiger partial charge in [0.15, 0.2) is 0 Å². The molecule has 60 heavy (non-hydrogen) atoms. The van der Waals surface area contributed by atoms with Crippen LogP contribution in [0, 0.1) is 13.8 Å². The highest BCUT2D eigenvalue weighted by atomic mass is 16.5. The lowest BCUT2D eigenvalue weighted by Crippen LogP contribution is -2.18. The van der Waals surface area contributed by atoms with E-state index in [1.54, 1.807) is 0 Å². The number of anilines is 2. The van der Waals surface area contributed by atoms with Gasteiger partial charge in [-0.1, -0.05) is 159 Å². The summed E-state index contributed by atoms with van der Waals surface area (Å²) < 4.78 is 12.9. The maximum absolute atomic E-state index is 6.43. The monoisotopic (exact) mass is 794 g/mol. The molecule has 2 atom stereocenters. The largest absolute Gasteiger partial charge is 0.493 e. The Morgan fingerprint density at radius 1 is 0.417 bits per heavy atom. The van der Waals surface area contributed by atoms with Gasteiger partial charge < -0.3 is 9.47 Å². The first kappa shape index (κ1) is 40.6. The highest BCUT2D eigenvalue weighted by molar-refractivity contribution is 6.06. The van der Waals surface area contributed by atoms with E-state index in [-0.39, 0.29) is 12.1 Å². The van der Waals surface area contributed by atoms with E-state index in [4.69, 9.17) is 19.7 Å². The van der Waals surface area contributed by atoms with Crippen LogP contribution < -0.4 is 19.5 Å². The minimum Gasteiger partial charge on any atom is -0.493 e. The summed E-state index contributed by atoms with van der Waals surface area (Å²) in [5, 5.41) is 14.7. The number of benzene rings is 6. The number of para-hydroxylation sites is 4. The van der Waals surface area contributed by atoms with E-state index in [1.165, 1.54) is 60.8 Å². The first-order chi connectivity index (χ1) is 29.6. The molecule has 2 heterocycles. The quantitative estimate of drug-likeness (QED) is 0.0766. The third kappa shape index (κ3) is 10.2. The van der Waals surface area contributed by atoms with Crippen LogP contribution in [0.15, 0.2) is 168 Å². The summed E-state index contributed by atoms with van der Waals surface area (Å²) in [6.07, 6.45) is 11.1. The smallest absolute Gasteiger partial charge is 0.128 e. The van der Waals surface area contributed by atoms with Gasteiger partial charge in [-0.3, -0.25) is 10.0 Å². The average Bonchev–Trinajstić information content (AvgIpc) is 3.95. The molecule has 6 aromatic carbocycles. The van der Waals surface area contributed by atoms with Gasteiger partial charge in [0.25, 0.3) is 0 Å². The molecule has 6 heteroatoms. The fourth-order valence-electron chi connectivity index (χ4n) is 8.37. The summed E-state index contributed by atoms with van der Waals surface area (Å²) >= 11 is 0. The molecule has 0 saturated carbocycles. The fraction of sp³-hybridized carbons (Fsp3) is 0.296. The minimum atomic E-state index is 0.142. The van der Waals surface area contributed by atoms with E-state index < -0.39 is 0 Å². The van der Waals surface area contributed by atoms with E-state index in [2.05, 4.69) is 182 Å². The molecule has 0 spiro atoms. The van der Waals surface area contributed by atoms with Crippen LogP contribution >= 0.6 is 0 Å². The first-order valence-corrected chi connectivity index (χ1v) is 22.0. The Morgan fingerprint density at radius 2 is 0.767 bits per heavy atom. The second-order valence-electron chi connectivity index (χ2n) is 16.2. The van der Waals surface area contributed by atoms with E-state index in [1.807, 2.05) is 0 Å². The van der Waals surface area contributed by atoms with Crippen molar-refractivity contribution >= 4 is 22.8 Å². The Labute approximate surface area is 357 Å². The summed E-state index contributed by atoms with van der Waals surface area (Å²) in [6.45, 7) is 5.71. The van der Waals surface area contributed by atoms with Crippen molar-refractivity contribution in [3.8, 4) is 11.5 Å². The van der Waals surface area contributed by atoms with Crippen molar-refractivity contribution in [2.45, 2.75) is 90.1 Å². The van der Waals surface area contributed by atoms with E-state index in [9.17, 15) is 0 Å². The molecule has 0 fully saturated rings. The number of unbranched alkanes of at least 4 members (excludes halogenated alkanes) is 7. The van der Waals surface area contributed by atoms with Gasteiger partial charge in [0.2, 0.25) is 0 Å². The zero-order valence-corrected chi connectivity index (χ0v) is 35.3. The van der Waals surface area contributed by atoms with Crippen LogP contribution in [0.5, 0.6) is 11.5 Å². The van der Waals surface area contributed by atoms with Gasteiger partial charge in [-0.2, -0.15) is 10.2 Å². The number of aryl methyl sites for hydroxylation is 2. The summed E-state index contributed by atoms with van der Waals surface area (Å²) in [7, 11) is 0. The van der Waals surface area contributed by atoms with Crippen LogP contribution in [-0.4, -0.2) is 24.6 Å². The molecule has 2 unspecified atom stereocenters. The Morgan fingerprint density at radius 3 is 1.17 bits per heavy atom. The van der Waals surface area contributed by atoms with Crippen LogP contribution in [0.4, 0.5) is 11.4 Å². The summed E-state index contributed by atoms with van der Waals surface area (Å²) in [6, 6.07) is 55.8. The molecule has 2 aliphatic rings. The van der Waals surface area contributed by atoms with E-state index in [0.717, 1.165) is 84.3 Å². The zero-order chi connectivity index (χ0) is 40.9. The first-order valence-electron chi connectivity index (χ1n) is 22.0. The predicted octanol–water partition coefficient (Wildman–Crippen LogP) is 13.6. The predicted molar refractivity (Wildman–Crippen MR) is 249 cm³/mol. The van der Waals surface area contributed by atoms with Crippen LogP contribution in [-0.2, 0) is 0 Å². The molecule has 0 amide bonds. The van der Waals surface area contributed by atoms with Crippen molar-refractivity contribution in [2.75, 3.05) is 23.2 Å². The minimum absolute atomic E-state index is 0.142. The Hall–Kier alpha value is -6.14. The van der Waals surface area contributed by atoms with E-state index in [0.29, 0.717) is 0 Å². The molecule has 306 valence electrons. The van der Waals surface area contributed by atoms with Crippen molar-refractivity contribution in [3.63, 3.8) is 0 Å². The van der Waals surface area contributed by atoms with Gasteiger partial charge in [0, 0.05) is 24.0 Å². The van der Waals surface area contributed by atoms with Crippen LogP contribution in [0.2, 0.25) is 0 Å². The molecule has 6 aromatic rings. The van der Waals surface area contributed by atoms with E-state index >= 15 is 0 Å². The Balaban J connectivity index is 0.757. The summed E-state index contributed by atoms with van der Waals surface area (Å²) in [4.78, 5) is 0. The van der Waals surface area contributed by atoms with Gasteiger partial charge >= 0.3 is 0 Å². The molecular formula is C54H58N4O2. The number of hydrazone groups is 2. The maximum atomic E-state index is 6.43. The summed E-state index contributed by atoms with van der Waals surface area (Å²) in [5.74, 6) is 1.85. The van der Waals surface area contributed by atoms with Gasteiger partial charge in [0.1, 0.15) is 11.5 Å². The molecule has 0 bridgehead atoms. The van der Waals surface area contributed by atoms with Crippen molar-refractivity contribution in [1.82, 2.24) is 0 Å². The Kier molecular flexibility index (Phi) is 13.7. The van der Waals surface area contributed by atoms with Gasteiger partial charge in [-0.05, 0) is 86.3 Å². The molecule has 0 radical (unpaired) electrons. The molecule has 0 aliphatic carbocycles. The average molecular weight is 795 g/mol. The van der Waals surface area contributed by atoms with Crippen molar-refractivity contribution < 1.29 is 9.47 Å². The number of ether oxygens (including phenoxy) is 2. The molecule has 2 aliphatic heterocycles. The van der Waals surface area contributed by atoms with Crippen LogP contribution in [0.3, 0.4) is 0 Å². The number of rotatable bonds is 19. The van der Waals surface area contributed by atoms with Crippen LogP contribution in [0.25, 0.3) is 0 Å². The topological polar surface area (TPSA) is 49.7 Å². The van der Waals surface area contributed by atoms with Crippen molar-refractivity contribution in [2.24, 2.45) is 10.2 Å². The van der Waals surface area contributed by atoms with Crippen LogP contribution in [0.1, 0.15) is 110 Å². The number of hydrogen-bond donors (Lipinski definition) is 0. The highest BCUT2D eigenvalue weighted by Crippen LogP contribution is 2.40.